The van der Waals surface area contributed by atoms with Gasteiger partial charge in [0.25, 0.3) is 5.91 Å². The highest BCUT2D eigenvalue weighted by Crippen LogP contribution is 2.37. The summed E-state index contributed by atoms with van der Waals surface area (Å²) in [6.07, 6.45) is 7.20. The van der Waals surface area contributed by atoms with E-state index < -0.39 is 12.1 Å². The van der Waals surface area contributed by atoms with Crippen molar-refractivity contribution in [2.45, 2.75) is 52.6 Å². The van der Waals surface area contributed by atoms with Crippen LogP contribution in [0.2, 0.25) is 0 Å². The maximum atomic E-state index is 12.9. The molecule has 0 aromatic carbocycles. The van der Waals surface area contributed by atoms with Crippen molar-refractivity contribution < 1.29 is 14.3 Å². The summed E-state index contributed by atoms with van der Waals surface area (Å²) in [5, 5.41) is 3.71. The zero-order valence-corrected chi connectivity index (χ0v) is 16.4. The lowest BCUT2D eigenvalue weighted by atomic mass is 9.95. The fourth-order valence-corrected chi connectivity index (χ4v) is 4.48. The van der Waals surface area contributed by atoms with Crippen LogP contribution in [0.1, 0.15) is 54.4 Å². The first-order valence-electron chi connectivity index (χ1n) is 9.24. The molecule has 3 rings (SSSR count). The van der Waals surface area contributed by atoms with Crippen molar-refractivity contribution >= 4 is 23.2 Å². The topological polar surface area (TPSA) is 60.3 Å². The van der Waals surface area contributed by atoms with Crippen LogP contribution in [0.3, 0.4) is 0 Å². The van der Waals surface area contributed by atoms with Gasteiger partial charge in [0.05, 0.1) is 5.56 Å². The molecule has 2 heterocycles. The molecule has 0 spiro atoms. The van der Waals surface area contributed by atoms with Crippen LogP contribution in [0, 0.1) is 5.92 Å². The Morgan fingerprint density at radius 3 is 2.58 bits per heavy atom. The predicted molar refractivity (Wildman–Crippen MR) is 103 cm³/mol. The fourth-order valence-electron chi connectivity index (χ4n) is 3.14. The van der Waals surface area contributed by atoms with Crippen LogP contribution in [0.5, 0.6) is 0 Å². The van der Waals surface area contributed by atoms with Gasteiger partial charge in [-0.05, 0) is 56.2 Å². The molecule has 2 aromatic heterocycles. The van der Waals surface area contributed by atoms with E-state index in [-0.39, 0.29) is 5.91 Å². The number of fused-ring (bicyclic) bond motifs is 1. The third-order valence-corrected chi connectivity index (χ3v) is 5.84. The Labute approximate surface area is 158 Å². The number of thiophene rings is 1. The molecule has 2 aromatic rings. The SMILES string of the molecule is CC(C)CNC(=O)[C@@H](C)OC(=O)c1c(-n2cccc2)sc2c1CCCC2. The first-order valence-corrected chi connectivity index (χ1v) is 10.1. The molecule has 6 heteroatoms. The molecule has 0 saturated heterocycles. The van der Waals surface area contributed by atoms with Gasteiger partial charge in [-0.1, -0.05) is 13.8 Å². The second-order valence-corrected chi connectivity index (χ2v) is 8.25. The molecular formula is C20H26N2O3S. The molecule has 1 amide bonds. The predicted octanol–water partition coefficient (Wildman–Crippen LogP) is 3.74. The van der Waals surface area contributed by atoms with Gasteiger partial charge in [0.15, 0.2) is 6.10 Å². The highest BCUT2D eigenvalue weighted by Gasteiger charge is 2.29. The van der Waals surface area contributed by atoms with Crippen LogP contribution in [-0.2, 0) is 22.4 Å². The van der Waals surface area contributed by atoms with Gasteiger partial charge >= 0.3 is 5.97 Å². The number of carbonyl (C=O) groups excluding carboxylic acids is 2. The molecule has 26 heavy (non-hydrogen) atoms. The van der Waals surface area contributed by atoms with Crippen LogP contribution >= 0.6 is 11.3 Å². The molecule has 0 bridgehead atoms. The molecule has 140 valence electrons. The van der Waals surface area contributed by atoms with Crippen molar-refractivity contribution in [3.63, 3.8) is 0 Å². The molecule has 0 aliphatic heterocycles. The van der Waals surface area contributed by atoms with E-state index >= 15 is 0 Å². The van der Waals surface area contributed by atoms with Gasteiger partial charge in [0.1, 0.15) is 5.00 Å². The maximum absolute atomic E-state index is 12.9. The zero-order valence-electron chi connectivity index (χ0n) is 15.6. The van der Waals surface area contributed by atoms with E-state index in [1.807, 2.05) is 42.9 Å². The van der Waals surface area contributed by atoms with Crippen molar-refractivity contribution in [3.05, 3.63) is 40.5 Å². The largest absolute Gasteiger partial charge is 0.449 e. The summed E-state index contributed by atoms with van der Waals surface area (Å²) >= 11 is 1.66. The Kier molecular flexibility index (Phi) is 5.81. The van der Waals surface area contributed by atoms with Crippen LogP contribution in [0.4, 0.5) is 0 Å². The number of amides is 1. The van der Waals surface area contributed by atoms with E-state index in [0.29, 0.717) is 18.0 Å². The summed E-state index contributed by atoms with van der Waals surface area (Å²) in [6, 6.07) is 3.88. The first kappa shape index (κ1) is 18.7. The molecule has 5 nitrogen and oxygen atoms in total. The molecule has 0 unspecified atom stereocenters. The molecule has 0 saturated carbocycles. The first-order chi connectivity index (χ1) is 12.5. The number of nitrogens with one attached hydrogen (secondary N) is 1. The van der Waals surface area contributed by atoms with Gasteiger partial charge in [0.2, 0.25) is 0 Å². The average Bonchev–Trinajstić information content (AvgIpc) is 3.26. The van der Waals surface area contributed by atoms with Crippen molar-refractivity contribution in [3.8, 4) is 5.00 Å². The van der Waals surface area contributed by atoms with Gasteiger partial charge in [-0.3, -0.25) is 4.79 Å². The number of ether oxygens (including phenoxy) is 1. The van der Waals surface area contributed by atoms with Crippen LogP contribution in [0.15, 0.2) is 24.5 Å². The van der Waals surface area contributed by atoms with E-state index in [1.54, 1.807) is 18.3 Å². The number of carbonyl (C=O) groups is 2. The summed E-state index contributed by atoms with van der Waals surface area (Å²) in [6.45, 7) is 6.25. The fraction of sp³-hybridized carbons (Fsp3) is 0.500. The minimum Gasteiger partial charge on any atom is -0.449 e. The number of esters is 1. The lowest BCUT2D eigenvalue weighted by molar-refractivity contribution is -0.129. The summed E-state index contributed by atoms with van der Waals surface area (Å²) in [5.74, 6) is -0.301. The van der Waals surface area contributed by atoms with Gasteiger partial charge in [0, 0.05) is 23.8 Å². The number of hydrogen-bond acceptors (Lipinski definition) is 4. The second-order valence-electron chi connectivity index (χ2n) is 7.17. The second kappa shape index (κ2) is 8.08. The van der Waals surface area contributed by atoms with Gasteiger partial charge < -0.3 is 14.6 Å². The third kappa shape index (κ3) is 4.01. The number of nitrogens with zero attached hydrogens (tertiary/aromatic N) is 1. The average molecular weight is 375 g/mol. The molecule has 1 aliphatic carbocycles. The van der Waals surface area contributed by atoms with Crippen LogP contribution < -0.4 is 5.32 Å². The highest BCUT2D eigenvalue weighted by atomic mass is 32.1. The molecule has 1 N–H and O–H groups in total. The normalized spacial score (nSPS) is 14.8. The van der Waals surface area contributed by atoms with Gasteiger partial charge in [-0.25, -0.2) is 4.79 Å². The molecule has 1 aliphatic rings. The molecular weight excluding hydrogens is 348 g/mol. The summed E-state index contributed by atoms with van der Waals surface area (Å²) in [4.78, 5) is 26.4. The Balaban J connectivity index is 1.82. The Bertz CT molecular complexity index is 777. The summed E-state index contributed by atoms with van der Waals surface area (Å²) < 4.78 is 7.50. The monoisotopic (exact) mass is 374 g/mol. The van der Waals surface area contributed by atoms with E-state index in [2.05, 4.69) is 5.32 Å². The van der Waals surface area contributed by atoms with Gasteiger partial charge in [-0.2, -0.15) is 0 Å². The number of aromatic nitrogens is 1. The Hall–Kier alpha value is -2.08. The zero-order chi connectivity index (χ0) is 18.7. The number of hydrogen-bond donors (Lipinski definition) is 1. The number of rotatable bonds is 6. The standard InChI is InChI=1S/C20H26N2O3S/c1-13(2)12-21-18(23)14(3)25-20(24)17-15-8-4-5-9-16(15)26-19(17)22-10-6-7-11-22/h6-7,10-11,13-14H,4-5,8-9,12H2,1-3H3,(H,21,23)/t14-/m1/s1. The summed E-state index contributed by atoms with van der Waals surface area (Å²) in [7, 11) is 0. The van der Waals surface area contributed by atoms with Crippen LogP contribution in [0.25, 0.3) is 5.00 Å². The van der Waals surface area contributed by atoms with Crippen LogP contribution in [-0.4, -0.2) is 29.1 Å². The minimum atomic E-state index is -0.807. The molecule has 0 fully saturated rings. The quantitative estimate of drug-likeness (QED) is 0.784. The molecule has 1 atom stereocenters. The highest BCUT2D eigenvalue weighted by molar-refractivity contribution is 7.15. The minimum absolute atomic E-state index is 0.251. The van der Waals surface area contributed by atoms with E-state index in [0.717, 1.165) is 36.2 Å². The van der Waals surface area contributed by atoms with Gasteiger partial charge in [-0.15, -0.1) is 11.3 Å². The lowest BCUT2D eigenvalue weighted by Crippen LogP contribution is -2.37. The van der Waals surface area contributed by atoms with E-state index in [1.165, 1.54) is 4.88 Å². The number of aryl methyl sites for hydroxylation is 1. The molecule has 0 radical (unpaired) electrons. The van der Waals surface area contributed by atoms with Crippen molar-refractivity contribution in [2.75, 3.05) is 6.54 Å². The van der Waals surface area contributed by atoms with E-state index in [9.17, 15) is 9.59 Å². The Morgan fingerprint density at radius 1 is 1.19 bits per heavy atom. The van der Waals surface area contributed by atoms with Crippen molar-refractivity contribution in [1.29, 1.82) is 0 Å². The van der Waals surface area contributed by atoms with Crippen molar-refractivity contribution in [1.82, 2.24) is 9.88 Å². The third-order valence-electron chi connectivity index (χ3n) is 4.53. The lowest BCUT2D eigenvalue weighted by Gasteiger charge is -2.16. The Morgan fingerprint density at radius 2 is 1.88 bits per heavy atom. The maximum Gasteiger partial charge on any atom is 0.342 e. The van der Waals surface area contributed by atoms with Crippen molar-refractivity contribution in [2.24, 2.45) is 5.92 Å². The smallest absolute Gasteiger partial charge is 0.342 e. The van der Waals surface area contributed by atoms with E-state index in [4.69, 9.17) is 4.74 Å². The summed E-state index contributed by atoms with van der Waals surface area (Å²) in [5.41, 5.74) is 1.73.